The molecule has 8 heteroatoms. The molecular formula is C11H17N5O3. The number of aliphatic carboxylic acids is 1. The van der Waals surface area contributed by atoms with Crippen molar-refractivity contribution in [3.8, 4) is 0 Å². The van der Waals surface area contributed by atoms with Crippen molar-refractivity contribution in [2.75, 3.05) is 13.1 Å². The maximum absolute atomic E-state index is 12.3. The third kappa shape index (κ3) is 2.30. The number of likely N-dealkylation sites (tertiary alicyclic amines) is 1. The van der Waals surface area contributed by atoms with E-state index >= 15 is 0 Å². The highest BCUT2D eigenvalue weighted by Crippen LogP contribution is 2.30. The molecule has 1 aliphatic rings. The van der Waals surface area contributed by atoms with E-state index in [1.807, 2.05) is 0 Å². The molecular weight excluding hydrogens is 250 g/mol. The molecule has 1 aliphatic heterocycles. The van der Waals surface area contributed by atoms with Gasteiger partial charge in [-0.2, -0.15) is 0 Å². The molecule has 1 saturated heterocycles. The SMILES string of the molecule is CC1(C(=O)O)CCCN1C(=O)c1cn(CCN)nn1. The van der Waals surface area contributed by atoms with E-state index in [1.165, 1.54) is 15.8 Å². The smallest absolute Gasteiger partial charge is 0.329 e. The normalized spacial score (nSPS) is 22.7. The molecule has 8 nitrogen and oxygen atoms in total. The molecule has 104 valence electrons. The van der Waals surface area contributed by atoms with E-state index in [4.69, 9.17) is 5.73 Å². The second-order valence-electron chi connectivity index (χ2n) is 4.79. The lowest BCUT2D eigenvalue weighted by Crippen LogP contribution is -2.50. The van der Waals surface area contributed by atoms with Gasteiger partial charge in [-0.15, -0.1) is 5.10 Å². The van der Waals surface area contributed by atoms with Crippen LogP contribution < -0.4 is 5.73 Å². The van der Waals surface area contributed by atoms with Gasteiger partial charge in [-0.05, 0) is 19.8 Å². The summed E-state index contributed by atoms with van der Waals surface area (Å²) < 4.78 is 1.47. The fraction of sp³-hybridized carbons (Fsp3) is 0.636. The summed E-state index contributed by atoms with van der Waals surface area (Å²) in [5, 5.41) is 16.8. The minimum atomic E-state index is -1.16. The van der Waals surface area contributed by atoms with Crippen LogP contribution in [0.2, 0.25) is 0 Å². The quantitative estimate of drug-likeness (QED) is 0.746. The zero-order chi connectivity index (χ0) is 14.0. The lowest BCUT2D eigenvalue weighted by Gasteiger charge is -2.30. The minimum Gasteiger partial charge on any atom is -0.480 e. The van der Waals surface area contributed by atoms with Crippen molar-refractivity contribution in [2.24, 2.45) is 5.73 Å². The number of aromatic nitrogens is 3. The van der Waals surface area contributed by atoms with Gasteiger partial charge in [0, 0.05) is 13.1 Å². The molecule has 0 aliphatic carbocycles. The van der Waals surface area contributed by atoms with Gasteiger partial charge in [0.15, 0.2) is 5.69 Å². The summed E-state index contributed by atoms with van der Waals surface area (Å²) in [6.07, 6.45) is 2.62. The van der Waals surface area contributed by atoms with Gasteiger partial charge >= 0.3 is 5.97 Å². The Bertz CT molecular complexity index is 500. The number of hydrogen-bond donors (Lipinski definition) is 2. The van der Waals surface area contributed by atoms with E-state index in [2.05, 4.69) is 10.3 Å². The van der Waals surface area contributed by atoms with Crippen LogP contribution in [-0.4, -0.2) is 55.5 Å². The van der Waals surface area contributed by atoms with Crippen molar-refractivity contribution in [2.45, 2.75) is 31.8 Å². The monoisotopic (exact) mass is 267 g/mol. The highest BCUT2D eigenvalue weighted by atomic mass is 16.4. The van der Waals surface area contributed by atoms with E-state index in [0.717, 1.165) is 0 Å². The van der Waals surface area contributed by atoms with E-state index in [0.29, 0.717) is 32.5 Å². The second-order valence-corrected chi connectivity index (χ2v) is 4.79. The largest absolute Gasteiger partial charge is 0.480 e. The standard InChI is InChI=1S/C11H17N5O3/c1-11(10(18)19)3-2-5-16(11)9(17)8-7-15(6-4-12)14-13-8/h7H,2-6,12H2,1H3,(H,18,19). The van der Waals surface area contributed by atoms with Gasteiger partial charge in [0.1, 0.15) is 5.54 Å². The molecule has 19 heavy (non-hydrogen) atoms. The minimum absolute atomic E-state index is 0.155. The number of carboxylic acid groups (broad SMARTS) is 1. The fourth-order valence-electron chi connectivity index (χ4n) is 2.29. The molecule has 0 bridgehead atoms. The Kier molecular flexibility index (Phi) is 3.52. The summed E-state index contributed by atoms with van der Waals surface area (Å²) in [6.45, 7) is 2.85. The van der Waals surface area contributed by atoms with Crippen LogP contribution in [0.15, 0.2) is 6.20 Å². The van der Waals surface area contributed by atoms with Gasteiger partial charge in [0.2, 0.25) is 0 Å². The van der Waals surface area contributed by atoms with Gasteiger partial charge in [-0.3, -0.25) is 9.48 Å². The van der Waals surface area contributed by atoms with Gasteiger partial charge in [-0.25, -0.2) is 4.79 Å². The highest BCUT2D eigenvalue weighted by Gasteiger charge is 2.46. The van der Waals surface area contributed by atoms with E-state index in [1.54, 1.807) is 6.92 Å². The first kappa shape index (κ1) is 13.5. The van der Waals surface area contributed by atoms with Crippen LogP contribution in [0.1, 0.15) is 30.3 Å². The molecule has 0 spiro atoms. The first-order chi connectivity index (χ1) is 8.99. The molecule has 0 saturated carbocycles. The zero-order valence-electron chi connectivity index (χ0n) is 10.7. The molecule has 1 atom stereocenters. The number of nitrogens with two attached hydrogens (primary N) is 1. The summed E-state index contributed by atoms with van der Waals surface area (Å²) in [6, 6.07) is 0. The summed E-state index contributed by atoms with van der Waals surface area (Å²) in [4.78, 5) is 25.0. The molecule has 2 heterocycles. The van der Waals surface area contributed by atoms with Crippen molar-refractivity contribution in [3.63, 3.8) is 0 Å². The maximum atomic E-state index is 12.3. The molecule has 1 amide bonds. The molecule has 1 fully saturated rings. The number of amides is 1. The lowest BCUT2D eigenvalue weighted by atomic mass is 9.99. The fourth-order valence-corrected chi connectivity index (χ4v) is 2.29. The number of rotatable bonds is 4. The van der Waals surface area contributed by atoms with Gasteiger partial charge in [0.05, 0.1) is 12.7 Å². The number of carboxylic acids is 1. The van der Waals surface area contributed by atoms with Crippen LogP contribution in [-0.2, 0) is 11.3 Å². The topological polar surface area (TPSA) is 114 Å². The van der Waals surface area contributed by atoms with Crippen molar-refractivity contribution >= 4 is 11.9 Å². The van der Waals surface area contributed by atoms with Crippen molar-refractivity contribution < 1.29 is 14.7 Å². The van der Waals surface area contributed by atoms with Crippen LogP contribution in [0.4, 0.5) is 0 Å². The predicted octanol–water partition coefficient (Wildman–Crippen LogP) is -0.684. The van der Waals surface area contributed by atoms with Crippen LogP contribution in [0.3, 0.4) is 0 Å². The molecule has 1 aromatic heterocycles. The number of nitrogens with zero attached hydrogens (tertiary/aromatic N) is 4. The van der Waals surface area contributed by atoms with Gasteiger partial charge in [-0.1, -0.05) is 5.21 Å². The Morgan fingerprint density at radius 2 is 2.32 bits per heavy atom. The molecule has 0 radical (unpaired) electrons. The van der Waals surface area contributed by atoms with Crippen molar-refractivity contribution in [1.29, 1.82) is 0 Å². The second kappa shape index (κ2) is 4.96. The van der Waals surface area contributed by atoms with E-state index in [9.17, 15) is 14.7 Å². The van der Waals surface area contributed by atoms with Gasteiger partial charge in [0.25, 0.3) is 5.91 Å². The third-order valence-corrected chi connectivity index (χ3v) is 3.46. The first-order valence-electron chi connectivity index (χ1n) is 6.14. The highest BCUT2D eigenvalue weighted by molar-refractivity contribution is 5.96. The van der Waals surface area contributed by atoms with Crippen molar-refractivity contribution in [3.05, 3.63) is 11.9 Å². The number of carbonyl (C=O) groups excluding carboxylic acids is 1. The maximum Gasteiger partial charge on any atom is 0.329 e. The Labute approximate surface area is 110 Å². The Balaban J connectivity index is 2.20. The van der Waals surface area contributed by atoms with Gasteiger partial charge < -0.3 is 15.7 Å². The Morgan fingerprint density at radius 1 is 1.58 bits per heavy atom. The van der Waals surface area contributed by atoms with E-state index < -0.39 is 17.4 Å². The summed E-state index contributed by atoms with van der Waals surface area (Å²) in [5.74, 6) is -1.39. The molecule has 1 aromatic rings. The predicted molar refractivity (Wildman–Crippen MR) is 65.4 cm³/mol. The van der Waals surface area contributed by atoms with Crippen LogP contribution in [0, 0.1) is 0 Å². The zero-order valence-corrected chi connectivity index (χ0v) is 10.7. The number of carbonyl (C=O) groups is 2. The molecule has 2 rings (SSSR count). The summed E-state index contributed by atoms with van der Waals surface area (Å²) >= 11 is 0. The molecule has 3 N–H and O–H groups in total. The van der Waals surface area contributed by atoms with Crippen LogP contribution in [0.25, 0.3) is 0 Å². The van der Waals surface area contributed by atoms with Crippen LogP contribution >= 0.6 is 0 Å². The van der Waals surface area contributed by atoms with Crippen LogP contribution in [0.5, 0.6) is 0 Å². The average molecular weight is 267 g/mol. The average Bonchev–Trinajstić information content (AvgIpc) is 2.96. The van der Waals surface area contributed by atoms with Crippen molar-refractivity contribution in [1.82, 2.24) is 19.9 Å². The Hall–Kier alpha value is -1.96. The number of hydrogen-bond acceptors (Lipinski definition) is 5. The summed E-state index contributed by atoms with van der Waals surface area (Å²) in [7, 11) is 0. The molecule has 1 unspecified atom stereocenters. The lowest BCUT2D eigenvalue weighted by molar-refractivity contribution is -0.147. The van der Waals surface area contributed by atoms with E-state index in [-0.39, 0.29) is 5.69 Å². The third-order valence-electron chi connectivity index (χ3n) is 3.46. The molecule has 0 aromatic carbocycles. The summed E-state index contributed by atoms with van der Waals surface area (Å²) in [5.41, 5.74) is 4.39. The Morgan fingerprint density at radius 3 is 2.95 bits per heavy atom. The first-order valence-corrected chi connectivity index (χ1v) is 6.14.